The van der Waals surface area contributed by atoms with Crippen molar-refractivity contribution in [3.05, 3.63) is 59.1 Å². The minimum Gasteiger partial charge on any atom is -0.324 e. The van der Waals surface area contributed by atoms with E-state index in [1.807, 2.05) is 6.92 Å². The molecule has 2 aromatic rings. The number of nitrogens with zero attached hydrogens (tertiary/aromatic N) is 1. The van der Waals surface area contributed by atoms with E-state index in [9.17, 15) is 13.2 Å². The SMILES string of the molecule is Cc1cc(Cl)ccc1NC(=O)C(C)N(c1ccccc1)S(C)(=O)=O. The maximum atomic E-state index is 12.6. The summed E-state index contributed by atoms with van der Waals surface area (Å²) < 4.78 is 25.4. The summed E-state index contributed by atoms with van der Waals surface area (Å²) in [4.78, 5) is 12.6. The lowest BCUT2D eigenvalue weighted by atomic mass is 10.2. The van der Waals surface area contributed by atoms with Gasteiger partial charge >= 0.3 is 0 Å². The van der Waals surface area contributed by atoms with Crippen LogP contribution in [0.4, 0.5) is 11.4 Å². The highest BCUT2D eigenvalue weighted by atomic mass is 35.5. The second-order valence-corrected chi connectivity index (χ2v) is 7.81. The van der Waals surface area contributed by atoms with Crippen molar-refractivity contribution >= 4 is 38.9 Å². The summed E-state index contributed by atoms with van der Waals surface area (Å²) in [5.41, 5.74) is 1.84. The van der Waals surface area contributed by atoms with E-state index in [1.165, 1.54) is 0 Å². The van der Waals surface area contributed by atoms with Gasteiger partial charge in [-0.3, -0.25) is 9.10 Å². The Balaban J connectivity index is 2.29. The highest BCUT2D eigenvalue weighted by Crippen LogP contribution is 2.23. The minimum absolute atomic E-state index is 0.422. The molecule has 0 heterocycles. The van der Waals surface area contributed by atoms with Gasteiger partial charge in [0.05, 0.1) is 11.9 Å². The number of nitrogens with one attached hydrogen (secondary N) is 1. The van der Waals surface area contributed by atoms with E-state index < -0.39 is 22.0 Å². The van der Waals surface area contributed by atoms with E-state index in [4.69, 9.17) is 11.6 Å². The van der Waals surface area contributed by atoms with Gasteiger partial charge in [0.2, 0.25) is 15.9 Å². The lowest BCUT2D eigenvalue weighted by Crippen LogP contribution is -2.45. The van der Waals surface area contributed by atoms with Gasteiger partial charge in [-0.05, 0) is 49.7 Å². The number of carbonyl (C=O) groups is 1. The number of sulfonamides is 1. The molecule has 0 spiro atoms. The molecular formula is C17H19ClN2O3S. The molecule has 1 N–H and O–H groups in total. The third-order valence-electron chi connectivity index (χ3n) is 3.55. The number of aryl methyl sites for hydroxylation is 1. The van der Waals surface area contributed by atoms with Gasteiger partial charge in [-0.2, -0.15) is 0 Å². The number of rotatable bonds is 5. The van der Waals surface area contributed by atoms with Crippen molar-refractivity contribution < 1.29 is 13.2 Å². The molecule has 1 atom stereocenters. The van der Waals surface area contributed by atoms with Crippen molar-refractivity contribution in [2.45, 2.75) is 19.9 Å². The van der Waals surface area contributed by atoms with Crippen LogP contribution in [0.15, 0.2) is 48.5 Å². The molecule has 0 aliphatic carbocycles. The van der Waals surface area contributed by atoms with Gasteiger partial charge < -0.3 is 5.32 Å². The lowest BCUT2D eigenvalue weighted by Gasteiger charge is -2.28. The van der Waals surface area contributed by atoms with E-state index in [-0.39, 0.29) is 0 Å². The highest BCUT2D eigenvalue weighted by Gasteiger charge is 2.29. The highest BCUT2D eigenvalue weighted by molar-refractivity contribution is 7.92. The molecule has 0 aliphatic rings. The van der Waals surface area contributed by atoms with E-state index in [2.05, 4.69) is 5.32 Å². The van der Waals surface area contributed by atoms with E-state index in [0.29, 0.717) is 16.4 Å². The van der Waals surface area contributed by atoms with Crippen LogP contribution in [0.5, 0.6) is 0 Å². The molecule has 24 heavy (non-hydrogen) atoms. The third-order valence-corrected chi connectivity index (χ3v) is 5.02. The molecule has 1 amide bonds. The Morgan fingerprint density at radius 3 is 2.33 bits per heavy atom. The fourth-order valence-corrected chi connectivity index (χ4v) is 3.79. The average Bonchev–Trinajstić information content (AvgIpc) is 2.49. The summed E-state index contributed by atoms with van der Waals surface area (Å²) in [5, 5.41) is 3.33. The Morgan fingerprint density at radius 2 is 1.79 bits per heavy atom. The molecule has 0 aromatic heterocycles. The quantitative estimate of drug-likeness (QED) is 0.881. The molecule has 5 nitrogen and oxygen atoms in total. The molecule has 0 radical (unpaired) electrons. The zero-order valence-corrected chi connectivity index (χ0v) is 15.2. The lowest BCUT2D eigenvalue weighted by molar-refractivity contribution is -0.116. The Kier molecular flexibility index (Phi) is 5.51. The fourth-order valence-electron chi connectivity index (χ4n) is 2.39. The number of anilines is 2. The number of hydrogen-bond donors (Lipinski definition) is 1. The Hall–Kier alpha value is -2.05. The van der Waals surface area contributed by atoms with Crippen LogP contribution in [0.1, 0.15) is 12.5 Å². The van der Waals surface area contributed by atoms with Crippen LogP contribution in [-0.2, 0) is 14.8 Å². The second kappa shape index (κ2) is 7.23. The van der Waals surface area contributed by atoms with Crippen molar-refractivity contribution in [1.82, 2.24) is 0 Å². The maximum absolute atomic E-state index is 12.6. The zero-order chi connectivity index (χ0) is 17.9. The third kappa shape index (κ3) is 4.27. The molecule has 1 unspecified atom stereocenters. The Bertz CT molecular complexity index is 838. The average molecular weight is 367 g/mol. The molecule has 128 valence electrons. The van der Waals surface area contributed by atoms with E-state index in [1.54, 1.807) is 55.5 Å². The molecule has 0 fully saturated rings. The fraction of sp³-hybridized carbons (Fsp3) is 0.235. The van der Waals surface area contributed by atoms with Crippen molar-refractivity contribution in [1.29, 1.82) is 0 Å². The van der Waals surface area contributed by atoms with Gasteiger partial charge in [-0.15, -0.1) is 0 Å². The van der Waals surface area contributed by atoms with Crippen molar-refractivity contribution in [3.8, 4) is 0 Å². The van der Waals surface area contributed by atoms with Crippen LogP contribution in [-0.4, -0.2) is 26.6 Å². The van der Waals surface area contributed by atoms with Gasteiger partial charge in [0, 0.05) is 10.7 Å². The summed E-state index contributed by atoms with van der Waals surface area (Å²) in [5.74, 6) is -0.422. The first-order valence-electron chi connectivity index (χ1n) is 7.31. The van der Waals surface area contributed by atoms with Gasteiger partial charge in [0.25, 0.3) is 0 Å². The summed E-state index contributed by atoms with van der Waals surface area (Å²) in [6, 6.07) is 12.7. The molecule has 0 saturated carbocycles. The number of benzene rings is 2. The summed E-state index contributed by atoms with van der Waals surface area (Å²) >= 11 is 5.91. The first kappa shape index (κ1) is 18.3. The van der Waals surface area contributed by atoms with Crippen LogP contribution in [0.2, 0.25) is 5.02 Å². The maximum Gasteiger partial charge on any atom is 0.248 e. The first-order valence-corrected chi connectivity index (χ1v) is 9.54. The summed E-state index contributed by atoms with van der Waals surface area (Å²) in [6.07, 6.45) is 1.08. The predicted octanol–water partition coefficient (Wildman–Crippen LogP) is 3.44. The largest absolute Gasteiger partial charge is 0.324 e. The minimum atomic E-state index is -3.62. The smallest absolute Gasteiger partial charge is 0.248 e. The summed E-state index contributed by atoms with van der Waals surface area (Å²) in [7, 11) is -3.62. The number of hydrogen-bond acceptors (Lipinski definition) is 3. The van der Waals surface area contributed by atoms with Crippen molar-refractivity contribution in [3.63, 3.8) is 0 Å². The molecule has 0 aliphatic heterocycles. The monoisotopic (exact) mass is 366 g/mol. The van der Waals surface area contributed by atoms with E-state index >= 15 is 0 Å². The van der Waals surface area contributed by atoms with Gasteiger partial charge in [0.15, 0.2) is 0 Å². The van der Waals surface area contributed by atoms with Crippen LogP contribution < -0.4 is 9.62 Å². The summed E-state index contributed by atoms with van der Waals surface area (Å²) in [6.45, 7) is 3.37. The second-order valence-electron chi connectivity index (χ2n) is 5.52. The molecule has 0 saturated heterocycles. The zero-order valence-electron chi connectivity index (χ0n) is 13.7. The van der Waals surface area contributed by atoms with Gasteiger partial charge in [-0.1, -0.05) is 29.8 Å². The molecule has 2 aromatic carbocycles. The van der Waals surface area contributed by atoms with Crippen molar-refractivity contribution in [2.24, 2.45) is 0 Å². The number of amides is 1. The standard InChI is InChI=1S/C17H19ClN2O3S/c1-12-11-14(18)9-10-16(12)19-17(21)13(2)20(24(3,22)23)15-7-5-4-6-8-15/h4-11,13H,1-3H3,(H,19,21). The predicted molar refractivity (Wildman–Crippen MR) is 98.0 cm³/mol. The number of carbonyl (C=O) groups excluding carboxylic acids is 1. The van der Waals surface area contributed by atoms with Crippen LogP contribution in [0.3, 0.4) is 0 Å². The van der Waals surface area contributed by atoms with Crippen LogP contribution in [0.25, 0.3) is 0 Å². The molecule has 7 heteroatoms. The molecule has 2 rings (SSSR count). The number of para-hydroxylation sites is 1. The van der Waals surface area contributed by atoms with Gasteiger partial charge in [-0.25, -0.2) is 8.42 Å². The first-order chi connectivity index (χ1) is 11.2. The Labute approximate surface area is 147 Å². The molecular weight excluding hydrogens is 348 g/mol. The van der Waals surface area contributed by atoms with Crippen LogP contribution >= 0.6 is 11.6 Å². The van der Waals surface area contributed by atoms with Crippen molar-refractivity contribution in [2.75, 3.05) is 15.9 Å². The van der Waals surface area contributed by atoms with Gasteiger partial charge in [0.1, 0.15) is 6.04 Å². The van der Waals surface area contributed by atoms with E-state index in [0.717, 1.165) is 16.1 Å². The molecule has 0 bridgehead atoms. The van der Waals surface area contributed by atoms with Crippen LogP contribution in [0, 0.1) is 6.92 Å². The number of halogens is 1. The Morgan fingerprint density at radius 1 is 1.17 bits per heavy atom. The normalized spacial score (nSPS) is 12.5. The topological polar surface area (TPSA) is 66.5 Å².